The van der Waals surface area contributed by atoms with Gasteiger partial charge in [-0.1, -0.05) is 11.6 Å². The molecule has 0 spiro atoms. The maximum absolute atomic E-state index is 14.0. The quantitative estimate of drug-likeness (QED) is 0.369. The predicted octanol–water partition coefficient (Wildman–Crippen LogP) is 4.18. The summed E-state index contributed by atoms with van der Waals surface area (Å²) >= 11 is 7.55. The molecule has 3 atom stereocenters. The zero-order valence-corrected chi connectivity index (χ0v) is 25.5. The molecule has 1 saturated carbocycles. The minimum absolute atomic E-state index is 0. The Kier molecular flexibility index (Phi) is 8.78. The van der Waals surface area contributed by atoms with Crippen LogP contribution >= 0.6 is 35.3 Å². The number of piperidine rings is 1. The molecule has 1 aliphatic carbocycles. The molecule has 2 amide bonds. The summed E-state index contributed by atoms with van der Waals surface area (Å²) in [4.78, 5) is 54.1. The zero-order valence-electron chi connectivity index (χ0n) is 23.1. The number of ketones is 1. The van der Waals surface area contributed by atoms with Crippen LogP contribution in [0.3, 0.4) is 0 Å². The molecule has 3 aliphatic rings. The number of H-pyrrole nitrogens is 1. The molecule has 6 rings (SSSR count). The van der Waals surface area contributed by atoms with Crippen molar-refractivity contribution in [2.75, 3.05) is 26.7 Å². The van der Waals surface area contributed by atoms with E-state index in [-0.39, 0.29) is 42.3 Å². The van der Waals surface area contributed by atoms with E-state index in [9.17, 15) is 14.4 Å². The molecule has 41 heavy (non-hydrogen) atoms. The zero-order chi connectivity index (χ0) is 28.0. The Bertz CT molecular complexity index is 1470. The normalized spacial score (nSPS) is 24.9. The molecule has 3 aromatic rings. The first-order chi connectivity index (χ1) is 19.2. The second-order valence-electron chi connectivity index (χ2n) is 11.5. The van der Waals surface area contributed by atoms with E-state index in [1.54, 1.807) is 18.2 Å². The van der Waals surface area contributed by atoms with Gasteiger partial charge >= 0.3 is 0 Å². The summed E-state index contributed by atoms with van der Waals surface area (Å²) in [7, 11) is 2.05. The van der Waals surface area contributed by atoms with E-state index in [4.69, 9.17) is 17.3 Å². The Labute approximate surface area is 254 Å². The van der Waals surface area contributed by atoms with Gasteiger partial charge in [-0.15, -0.1) is 23.7 Å². The van der Waals surface area contributed by atoms with Gasteiger partial charge in [-0.3, -0.25) is 14.4 Å². The number of rotatable bonds is 5. The fourth-order valence-electron chi connectivity index (χ4n) is 6.37. The van der Waals surface area contributed by atoms with Crippen LogP contribution in [0.5, 0.6) is 0 Å². The molecule has 2 aliphatic heterocycles. The molecule has 2 fully saturated rings. The highest BCUT2D eigenvalue weighted by atomic mass is 35.5. The molecule has 2 aromatic heterocycles. The monoisotopic (exact) mass is 618 g/mol. The molecule has 12 heteroatoms. The Morgan fingerprint density at radius 2 is 1.95 bits per heavy atom. The number of hydrogen-bond acceptors (Lipinski definition) is 7. The molecule has 0 radical (unpaired) electrons. The van der Waals surface area contributed by atoms with Crippen LogP contribution in [0, 0.1) is 5.92 Å². The molecule has 3 unspecified atom stereocenters. The van der Waals surface area contributed by atoms with E-state index in [1.165, 1.54) is 11.3 Å². The van der Waals surface area contributed by atoms with Gasteiger partial charge in [0.05, 0.1) is 17.4 Å². The van der Waals surface area contributed by atoms with E-state index in [0.717, 1.165) is 73.3 Å². The van der Waals surface area contributed by atoms with Crippen LogP contribution in [-0.2, 0) is 17.8 Å². The summed E-state index contributed by atoms with van der Waals surface area (Å²) in [6.07, 6.45) is 5.04. The molecular weight excluding hydrogens is 583 g/mol. The third kappa shape index (κ3) is 5.90. The molecule has 0 bridgehead atoms. The van der Waals surface area contributed by atoms with Crippen LogP contribution in [0.25, 0.3) is 10.9 Å². The van der Waals surface area contributed by atoms with Gasteiger partial charge in [0.15, 0.2) is 5.01 Å². The Morgan fingerprint density at radius 3 is 2.73 bits per heavy atom. The largest absolute Gasteiger partial charge is 0.352 e. The van der Waals surface area contributed by atoms with E-state index >= 15 is 0 Å². The number of aromatic amines is 1. The number of Topliss-reactive ketones (excluding diaryl/α,β-unsaturated/α-hetero) is 1. The molecule has 4 N–H and O–H groups in total. The number of likely N-dealkylation sites (N-methyl/N-ethyl adjacent to an activating group) is 1. The number of halogens is 2. The van der Waals surface area contributed by atoms with Crippen LogP contribution in [0.15, 0.2) is 24.3 Å². The SMILES string of the molecule is CN1CCc2nc(C(=O)NC3CC(C(=O)N4CCCCC4)CCC3(N)C(=O)c3cc4cc(Cl)ccc4[nH]3)sc2C1.Cl. The van der Waals surface area contributed by atoms with Crippen molar-refractivity contribution in [1.82, 2.24) is 25.1 Å². The summed E-state index contributed by atoms with van der Waals surface area (Å²) in [6.45, 7) is 3.18. The standard InChI is InChI=1S/C29H35ClN6O3S.ClH/c1-35-12-8-21-23(16-35)40-27(33-21)26(38)34-24-15-17(28(39)36-10-3-2-4-11-36)7-9-29(24,31)25(37)22-14-18-13-19(30)5-6-20(18)32-22;/h5-6,13-14,17,24,32H,2-4,7-12,15-16,31H2,1H3,(H,34,38);1H. The molecule has 9 nitrogen and oxygen atoms in total. The maximum Gasteiger partial charge on any atom is 0.280 e. The van der Waals surface area contributed by atoms with Gasteiger partial charge < -0.3 is 25.8 Å². The number of hydrogen-bond donors (Lipinski definition) is 3. The second-order valence-corrected chi connectivity index (χ2v) is 13.1. The number of benzene rings is 1. The summed E-state index contributed by atoms with van der Waals surface area (Å²) in [5.74, 6) is -0.827. The minimum Gasteiger partial charge on any atom is -0.352 e. The Hall–Kier alpha value is -2.50. The number of thiazole rings is 1. The van der Waals surface area contributed by atoms with Gasteiger partial charge in [-0.25, -0.2) is 4.98 Å². The van der Waals surface area contributed by atoms with Crippen LogP contribution in [0.1, 0.15) is 69.4 Å². The molecule has 220 valence electrons. The highest BCUT2D eigenvalue weighted by Crippen LogP contribution is 2.36. The molecular formula is C29H36Cl2N6O3S. The van der Waals surface area contributed by atoms with Gasteiger partial charge in [-0.05, 0) is 69.8 Å². The van der Waals surface area contributed by atoms with Crippen molar-refractivity contribution in [2.45, 2.75) is 63.1 Å². The number of nitrogens with zero attached hydrogens (tertiary/aromatic N) is 3. The third-order valence-electron chi connectivity index (χ3n) is 8.74. The molecule has 1 aromatic carbocycles. The highest BCUT2D eigenvalue weighted by Gasteiger charge is 2.49. The number of amides is 2. The number of nitrogens with one attached hydrogen (secondary N) is 2. The number of nitrogens with two attached hydrogens (primary N) is 1. The summed E-state index contributed by atoms with van der Waals surface area (Å²) in [6, 6.07) is 6.42. The van der Waals surface area contributed by atoms with Crippen molar-refractivity contribution in [3.05, 3.63) is 50.6 Å². The van der Waals surface area contributed by atoms with Gasteiger partial charge in [0, 0.05) is 59.3 Å². The Morgan fingerprint density at radius 1 is 1.17 bits per heavy atom. The fourth-order valence-corrected chi connectivity index (χ4v) is 7.64. The lowest BCUT2D eigenvalue weighted by Gasteiger charge is -2.43. The molecule has 4 heterocycles. The first-order valence-corrected chi connectivity index (χ1v) is 15.3. The summed E-state index contributed by atoms with van der Waals surface area (Å²) in [5.41, 5.74) is 7.69. The first kappa shape index (κ1) is 30.0. The van der Waals surface area contributed by atoms with Crippen molar-refractivity contribution >= 4 is 63.8 Å². The number of aromatic nitrogens is 2. The average Bonchev–Trinajstić information content (AvgIpc) is 3.57. The van der Waals surface area contributed by atoms with Crippen molar-refractivity contribution in [3.63, 3.8) is 0 Å². The van der Waals surface area contributed by atoms with Gasteiger partial charge in [0.1, 0.15) is 5.54 Å². The maximum atomic E-state index is 14.0. The fraction of sp³-hybridized carbons (Fsp3) is 0.517. The smallest absolute Gasteiger partial charge is 0.280 e. The topological polar surface area (TPSA) is 124 Å². The third-order valence-corrected chi connectivity index (χ3v) is 10.1. The first-order valence-electron chi connectivity index (χ1n) is 14.1. The summed E-state index contributed by atoms with van der Waals surface area (Å²) in [5, 5.41) is 4.83. The van der Waals surface area contributed by atoms with E-state index in [0.29, 0.717) is 28.6 Å². The number of carbonyl (C=O) groups is 3. The number of likely N-dealkylation sites (tertiary alicyclic amines) is 1. The highest BCUT2D eigenvalue weighted by molar-refractivity contribution is 7.13. The number of carbonyl (C=O) groups excluding carboxylic acids is 3. The van der Waals surface area contributed by atoms with Crippen LogP contribution in [-0.4, -0.2) is 75.6 Å². The van der Waals surface area contributed by atoms with Crippen LogP contribution in [0.2, 0.25) is 5.02 Å². The Balaban J connectivity index is 0.00000337. The van der Waals surface area contributed by atoms with Crippen LogP contribution < -0.4 is 11.1 Å². The minimum atomic E-state index is -1.38. The lowest BCUT2D eigenvalue weighted by Crippen LogP contribution is -2.66. The van der Waals surface area contributed by atoms with E-state index < -0.39 is 11.6 Å². The average molecular weight is 620 g/mol. The van der Waals surface area contributed by atoms with Crippen molar-refractivity contribution in [1.29, 1.82) is 0 Å². The van der Waals surface area contributed by atoms with E-state index in [2.05, 4.69) is 27.2 Å². The van der Waals surface area contributed by atoms with Gasteiger partial charge in [0.2, 0.25) is 11.7 Å². The van der Waals surface area contributed by atoms with Crippen molar-refractivity contribution in [3.8, 4) is 0 Å². The van der Waals surface area contributed by atoms with E-state index in [1.807, 2.05) is 11.0 Å². The van der Waals surface area contributed by atoms with Crippen LogP contribution in [0.4, 0.5) is 0 Å². The predicted molar refractivity (Wildman–Crippen MR) is 163 cm³/mol. The van der Waals surface area contributed by atoms with Crippen molar-refractivity contribution in [2.24, 2.45) is 11.7 Å². The second kappa shape index (κ2) is 12.0. The lowest BCUT2D eigenvalue weighted by molar-refractivity contribution is -0.138. The van der Waals surface area contributed by atoms with Crippen molar-refractivity contribution < 1.29 is 14.4 Å². The number of fused-ring (bicyclic) bond motifs is 2. The van der Waals surface area contributed by atoms with Gasteiger partial charge in [0.25, 0.3) is 5.91 Å². The molecule has 1 saturated heterocycles. The van der Waals surface area contributed by atoms with Gasteiger partial charge in [-0.2, -0.15) is 0 Å². The summed E-state index contributed by atoms with van der Waals surface area (Å²) < 4.78 is 0. The lowest BCUT2D eigenvalue weighted by atomic mass is 9.70.